The van der Waals surface area contributed by atoms with E-state index in [1.807, 2.05) is 30.3 Å². The van der Waals surface area contributed by atoms with Crippen LogP contribution in [0.1, 0.15) is 23.2 Å². The van der Waals surface area contributed by atoms with Crippen molar-refractivity contribution in [2.45, 2.75) is 12.8 Å². The van der Waals surface area contributed by atoms with Crippen LogP contribution in [0.5, 0.6) is 0 Å². The van der Waals surface area contributed by atoms with Gasteiger partial charge in [0.1, 0.15) is 0 Å². The molecule has 0 spiro atoms. The van der Waals surface area contributed by atoms with Gasteiger partial charge in [-0.15, -0.1) is 0 Å². The van der Waals surface area contributed by atoms with Crippen LogP contribution in [0.15, 0.2) is 41.9 Å². The zero-order valence-electron chi connectivity index (χ0n) is 7.24. The van der Waals surface area contributed by atoms with Crippen molar-refractivity contribution in [3.63, 3.8) is 0 Å². The Morgan fingerprint density at radius 1 is 1.31 bits per heavy atom. The van der Waals surface area contributed by atoms with Crippen LogP contribution in [-0.4, -0.2) is 5.78 Å². The number of ketones is 1. The normalized spacial score (nSPS) is 10.5. The van der Waals surface area contributed by atoms with Crippen molar-refractivity contribution in [2.24, 2.45) is 0 Å². The maximum atomic E-state index is 11.4. The smallest absolute Gasteiger partial charge is 0.163 e. The minimum atomic E-state index is 0.162. The molecule has 0 N–H and O–H groups in total. The van der Waals surface area contributed by atoms with E-state index < -0.39 is 0 Å². The van der Waals surface area contributed by atoms with Crippen LogP contribution in [0.25, 0.3) is 0 Å². The van der Waals surface area contributed by atoms with Gasteiger partial charge in [-0.3, -0.25) is 4.79 Å². The summed E-state index contributed by atoms with van der Waals surface area (Å²) in [6, 6.07) is 9.28. The van der Waals surface area contributed by atoms with Gasteiger partial charge in [0.05, 0.1) is 0 Å². The zero-order chi connectivity index (χ0) is 9.52. The van der Waals surface area contributed by atoms with Gasteiger partial charge in [-0.2, -0.15) is 0 Å². The highest BCUT2D eigenvalue weighted by Crippen LogP contribution is 2.05. The summed E-state index contributed by atoms with van der Waals surface area (Å²) in [7, 11) is 0. The van der Waals surface area contributed by atoms with Crippen LogP contribution in [0.3, 0.4) is 0 Å². The first-order valence-corrected chi connectivity index (χ1v) is 4.61. The topological polar surface area (TPSA) is 17.1 Å². The first-order chi connectivity index (χ1) is 6.34. The van der Waals surface area contributed by atoms with Gasteiger partial charge in [-0.25, -0.2) is 0 Å². The number of Topliss-reactive ketones (excluding diaryl/α,β-unsaturated/α-hetero) is 1. The highest BCUT2D eigenvalue weighted by Gasteiger charge is 2.01. The Bertz CT molecular complexity index is 290. The fourth-order valence-corrected chi connectivity index (χ4v) is 1.17. The van der Waals surface area contributed by atoms with Crippen molar-refractivity contribution in [1.82, 2.24) is 0 Å². The lowest BCUT2D eigenvalue weighted by atomic mass is 10.1. The lowest BCUT2D eigenvalue weighted by Gasteiger charge is -1.96. The van der Waals surface area contributed by atoms with E-state index in [-0.39, 0.29) is 5.78 Å². The molecule has 0 saturated carbocycles. The summed E-state index contributed by atoms with van der Waals surface area (Å²) in [5.74, 6) is 0.162. The van der Waals surface area contributed by atoms with Crippen LogP contribution in [0.2, 0.25) is 0 Å². The summed E-state index contributed by atoms with van der Waals surface area (Å²) in [6.07, 6.45) is 3.01. The molecule has 0 amide bonds. The number of carbonyl (C=O) groups is 1. The van der Waals surface area contributed by atoms with Crippen molar-refractivity contribution in [1.29, 1.82) is 0 Å². The van der Waals surface area contributed by atoms with Gasteiger partial charge in [-0.1, -0.05) is 48.0 Å². The van der Waals surface area contributed by atoms with Crippen LogP contribution < -0.4 is 0 Å². The molecule has 13 heavy (non-hydrogen) atoms. The highest BCUT2D eigenvalue weighted by atomic mass is 35.5. The Balaban J connectivity index is 2.49. The lowest BCUT2D eigenvalue weighted by Crippen LogP contribution is -1.96. The summed E-state index contributed by atoms with van der Waals surface area (Å²) in [6.45, 7) is 0. The van der Waals surface area contributed by atoms with Gasteiger partial charge in [0.25, 0.3) is 0 Å². The van der Waals surface area contributed by atoms with Crippen molar-refractivity contribution < 1.29 is 4.79 Å². The molecule has 2 heteroatoms. The number of carbonyl (C=O) groups excluding carboxylic acids is 1. The molecule has 0 aliphatic carbocycles. The van der Waals surface area contributed by atoms with Gasteiger partial charge in [0.2, 0.25) is 0 Å². The fraction of sp³-hybridized carbons (Fsp3) is 0.182. The van der Waals surface area contributed by atoms with E-state index in [1.165, 1.54) is 5.54 Å². The standard InChI is InChI=1S/C11H11ClO/c12-9-5-4-8-11(13)10-6-2-1-3-7-10/h1-3,5-7,9H,4,8H2/b9-5-. The van der Waals surface area contributed by atoms with Gasteiger partial charge in [0.15, 0.2) is 5.78 Å². The third-order valence-corrected chi connectivity index (χ3v) is 1.90. The summed E-state index contributed by atoms with van der Waals surface area (Å²) in [5, 5.41) is 0. The van der Waals surface area contributed by atoms with E-state index in [0.29, 0.717) is 12.8 Å². The first-order valence-electron chi connectivity index (χ1n) is 4.18. The van der Waals surface area contributed by atoms with Crippen molar-refractivity contribution in [3.05, 3.63) is 47.5 Å². The van der Waals surface area contributed by atoms with Gasteiger partial charge in [-0.05, 0) is 6.42 Å². The summed E-state index contributed by atoms with van der Waals surface area (Å²) >= 11 is 5.34. The predicted octanol–water partition coefficient (Wildman–Crippen LogP) is 3.40. The molecule has 1 aromatic rings. The third-order valence-electron chi connectivity index (χ3n) is 1.72. The molecule has 0 aromatic heterocycles. The van der Waals surface area contributed by atoms with Crippen molar-refractivity contribution in [3.8, 4) is 0 Å². The maximum Gasteiger partial charge on any atom is 0.163 e. The first kappa shape index (κ1) is 10.0. The third kappa shape index (κ3) is 3.43. The van der Waals surface area contributed by atoms with Crippen LogP contribution in [0, 0.1) is 0 Å². The van der Waals surface area contributed by atoms with Crippen LogP contribution in [0.4, 0.5) is 0 Å². The molecule has 0 bridgehead atoms. The Labute approximate surface area is 83.0 Å². The quantitative estimate of drug-likeness (QED) is 0.672. The number of benzene rings is 1. The molecule has 0 heterocycles. The fourth-order valence-electron chi connectivity index (χ4n) is 1.05. The number of hydrogen-bond donors (Lipinski definition) is 0. The Hall–Kier alpha value is -1.08. The molecule has 0 radical (unpaired) electrons. The molecule has 0 aliphatic rings. The van der Waals surface area contributed by atoms with Gasteiger partial charge in [0, 0.05) is 17.5 Å². The Morgan fingerprint density at radius 2 is 2.00 bits per heavy atom. The van der Waals surface area contributed by atoms with Crippen LogP contribution in [-0.2, 0) is 0 Å². The van der Waals surface area contributed by atoms with E-state index in [4.69, 9.17) is 11.6 Å². The second-order valence-electron chi connectivity index (χ2n) is 2.69. The van der Waals surface area contributed by atoms with Crippen molar-refractivity contribution >= 4 is 17.4 Å². The SMILES string of the molecule is O=C(CC/C=C\Cl)c1ccccc1. The zero-order valence-corrected chi connectivity index (χ0v) is 8.00. The average molecular weight is 195 g/mol. The molecule has 1 rings (SSSR count). The van der Waals surface area contributed by atoms with E-state index in [1.54, 1.807) is 6.08 Å². The van der Waals surface area contributed by atoms with Gasteiger partial charge < -0.3 is 0 Å². The molecular weight excluding hydrogens is 184 g/mol. The second-order valence-corrected chi connectivity index (χ2v) is 2.94. The number of hydrogen-bond acceptors (Lipinski definition) is 1. The predicted molar refractivity (Wildman–Crippen MR) is 55.0 cm³/mol. The summed E-state index contributed by atoms with van der Waals surface area (Å²) in [4.78, 5) is 11.4. The van der Waals surface area contributed by atoms with Gasteiger partial charge >= 0.3 is 0 Å². The molecule has 0 aliphatic heterocycles. The Morgan fingerprint density at radius 3 is 2.62 bits per heavy atom. The maximum absolute atomic E-state index is 11.4. The highest BCUT2D eigenvalue weighted by molar-refractivity contribution is 6.25. The molecule has 0 saturated heterocycles. The average Bonchev–Trinajstić information content (AvgIpc) is 2.19. The van der Waals surface area contributed by atoms with Crippen LogP contribution >= 0.6 is 11.6 Å². The monoisotopic (exact) mass is 194 g/mol. The van der Waals surface area contributed by atoms with E-state index in [0.717, 1.165) is 5.56 Å². The minimum absolute atomic E-state index is 0.162. The second kappa shape index (κ2) is 5.55. The van der Waals surface area contributed by atoms with E-state index in [2.05, 4.69) is 0 Å². The molecule has 0 fully saturated rings. The minimum Gasteiger partial charge on any atom is -0.294 e. The van der Waals surface area contributed by atoms with E-state index >= 15 is 0 Å². The van der Waals surface area contributed by atoms with E-state index in [9.17, 15) is 4.79 Å². The molecule has 0 atom stereocenters. The summed E-state index contributed by atoms with van der Waals surface area (Å²) < 4.78 is 0. The molecule has 68 valence electrons. The largest absolute Gasteiger partial charge is 0.294 e. The number of rotatable bonds is 4. The molecule has 1 aromatic carbocycles. The summed E-state index contributed by atoms with van der Waals surface area (Å²) in [5.41, 5.74) is 2.21. The number of halogens is 1. The Kier molecular flexibility index (Phi) is 4.27. The number of allylic oxidation sites excluding steroid dienone is 1. The molecule has 0 unspecified atom stereocenters. The molecular formula is C11H11ClO. The molecule has 1 nitrogen and oxygen atoms in total. The lowest BCUT2D eigenvalue weighted by molar-refractivity contribution is 0.0983. The van der Waals surface area contributed by atoms with Crippen molar-refractivity contribution in [2.75, 3.05) is 0 Å².